The molecule has 20 heavy (non-hydrogen) atoms. The zero-order valence-electron chi connectivity index (χ0n) is 12.5. The average Bonchev–Trinajstić information content (AvgIpc) is 2.85. The molecule has 0 bridgehead atoms. The Morgan fingerprint density at radius 2 is 2.05 bits per heavy atom. The van der Waals surface area contributed by atoms with Crippen LogP contribution in [0.5, 0.6) is 0 Å². The Hall–Kier alpha value is -1.32. The van der Waals surface area contributed by atoms with E-state index in [0.717, 1.165) is 17.1 Å². The summed E-state index contributed by atoms with van der Waals surface area (Å²) in [7, 11) is 1.98. The van der Waals surface area contributed by atoms with Gasteiger partial charge in [0, 0.05) is 29.7 Å². The minimum Gasteiger partial charge on any atom is -0.313 e. The molecule has 0 fully saturated rings. The summed E-state index contributed by atoms with van der Waals surface area (Å²) in [5.74, 6) is 0. The molecule has 1 heterocycles. The number of halogens is 1. The first kappa shape index (κ1) is 15.1. The van der Waals surface area contributed by atoms with Crippen molar-refractivity contribution in [1.82, 2.24) is 15.1 Å². The Bertz CT molecular complexity index is 575. The van der Waals surface area contributed by atoms with Gasteiger partial charge in [0.05, 0.1) is 5.69 Å². The molecule has 1 aromatic heterocycles. The minimum atomic E-state index is 0.253. The molecule has 0 aliphatic heterocycles. The molecular weight excluding hydrogens is 270 g/mol. The van der Waals surface area contributed by atoms with Gasteiger partial charge in [0.1, 0.15) is 0 Å². The van der Waals surface area contributed by atoms with Crippen molar-refractivity contribution in [3.63, 3.8) is 0 Å². The molecule has 1 aromatic carbocycles. The van der Waals surface area contributed by atoms with Crippen molar-refractivity contribution < 1.29 is 0 Å². The van der Waals surface area contributed by atoms with Gasteiger partial charge in [-0.3, -0.25) is 4.68 Å². The SMILES string of the molecule is CNC(Cc1ccn(C(C)C)n1)c1ccc(Cl)cc1C. The topological polar surface area (TPSA) is 29.9 Å². The number of hydrogen-bond acceptors (Lipinski definition) is 2. The van der Waals surface area contributed by atoms with Crippen molar-refractivity contribution in [2.45, 2.75) is 39.3 Å². The highest BCUT2D eigenvalue weighted by Crippen LogP contribution is 2.24. The van der Waals surface area contributed by atoms with E-state index in [4.69, 9.17) is 11.6 Å². The fourth-order valence-corrected chi connectivity index (χ4v) is 2.61. The molecule has 4 heteroatoms. The average molecular weight is 292 g/mol. The van der Waals surface area contributed by atoms with Gasteiger partial charge in [-0.05, 0) is 57.1 Å². The Labute approximate surface area is 126 Å². The summed E-state index contributed by atoms with van der Waals surface area (Å²) in [6.45, 7) is 6.36. The summed E-state index contributed by atoms with van der Waals surface area (Å²) in [6.07, 6.45) is 2.92. The van der Waals surface area contributed by atoms with Gasteiger partial charge in [-0.1, -0.05) is 17.7 Å². The van der Waals surface area contributed by atoms with Crippen molar-refractivity contribution in [1.29, 1.82) is 0 Å². The van der Waals surface area contributed by atoms with Crippen LogP contribution in [0.2, 0.25) is 5.02 Å². The van der Waals surface area contributed by atoms with Crippen LogP contribution in [-0.2, 0) is 6.42 Å². The van der Waals surface area contributed by atoms with E-state index in [1.165, 1.54) is 11.1 Å². The molecule has 108 valence electrons. The normalized spacial score (nSPS) is 12.9. The number of rotatable bonds is 5. The third kappa shape index (κ3) is 3.41. The maximum atomic E-state index is 6.03. The molecule has 2 rings (SSSR count). The Morgan fingerprint density at radius 1 is 1.30 bits per heavy atom. The second-order valence-corrected chi connectivity index (χ2v) is 5.86. The van der Waals surface area contributed by atoms with Gasteiger partial charge in [-0.25, -0.2) is 0 Å². The summed E-state index contributed by atoms with van der Waals surface area (Å²) in [6, 6.07) is 8.79. The number of benzene rings is 1. The zero-order chi connectivity index (χ0) is 14.7. The molecule has 0 saturated heterocycles. The first-order chi connectivity index (χ1) is 9.51. The molecule has 0 aliphatic carbocycles. The Balaban J connectivity index is 2.19. The van der Waals surface area contributed by atoms with Gasteiger partial charge >= 0.3 is 0 Å². The fourth-order valence-electron chi connectivity index (χ4n) is 2.38. The van der Waals surface area contributed by atoms with Crippen molar-refractivity contribution >= 4 is 11.6 Å². The number of hydrogen-bond donors (Lipinski definition) is 1. The summed E-state index contributed by atoms with van der Waals surface area (Å²) in [4.78, 5) is 0. The predicted molar refractivity (Wildman–Crippen MR) is 84.3 cm³/mol. The largest absolute Gasteiger partial charge is 0.313 e. The van der Waals surface area contributed by atoms with Gasteiger partial charge in [0.15, 0.2) is 0 Å². The van der Waals surface area contributed by atoms with E-state index >= 15 is 0 Å². The molecule has 1 atom stereocenters. The van der Waals surface area contributed by atoms with E-state index in [2.05, 4.69) is 43.3 Å². The lowest BCUT2D eigenvalue weighted by atomic mass is 9.98. The van der Waals surface area contributed by atoms with Crippen molar-refractivity contribution in [3.8, 4) is 0 Å². The third-order valence-electron chi connectivity index (χ3n) is 3.56. The highest BCUT2D eigenvalue weighted by Gasteiger charge is 2.14. The Morgan fingerprint density at radius 3 is 2.60 bits per heavy atom. The van der Waals surface area contributed by atoms with Crippen LogP contribution in [0, 0.1) is 6.92 Å². The van der Waals surface area contributed by atoms with Crippen molar-refractivity contribution in [3.05, 3.63) is 52.3 Å². The van der Waals surface area contributed by atoms with Gasteiger partial charge in [0.2, 0.25) is 0 Å². The third-order valence-corrected chi connectivity index (χ3v) is 3.80. The van der Waals surface area contributed by atoms with Crippen LogP contribution < -0.4 is 5.32 Å². The smallest absolute Gasteiger partial charge is 0.0643 e. The molecule has 0 radical (unpaired) electrons. The maximum Gasteiger partial charge on any atom is 0.0643 e. The van der Waals surface area contributed by atoms with E-state index in [1.807, 2.05) is 30.1 Å². The standard InChI is InChI=1S/C16H22ClN3/c1-11(2)20-8-7-14(19-20)10-16(18-4)15-6-5-13(17)9-12(15)3/h5-9,11,16,18H,10H2,1-4H3. The monoisotopic (exact) mass is 291 g/mol. The van der Waals surface area contributed by atoms with Crippen LogP contribution in [-0.4, -0.2) is 16.8 Å². The highest BCUT2D eigenvalue weighted by atomic mass is 35.5. The van der Waals surface area contributed by atoms with Gasteiger partial charge in [0.25, 0.3) is 0 Å². The van der Waals surface area contributed by atoms with E-state index < -0.39 is 0 Å². The van der Waals surface area contributed by atoms with Crippen LogP contribution in [0.3, 0.4) is 0 Å². The molecule has 3 nitrogen and oxygen atoms in total. The second-order valence-electron chi connectivity index (χ2n) is 5.43. The first-order valence-electron chi connectivity index (χ1n) is 6.98. The van der Waals surface area contributed by atoms with Gasteiger partial charge in [-0.2, -0.15) is 5.10 Å². The molecular formula is C16H22ClN3. The number of likely N-dealkylation sites (N-methyl/N-ethyl adjacent to an activating group) is 1. The molecule has 0 spiro atoms. The van der Waals surface area contributed by atoms with Gasteiger partial charge in [-0.15, -0.1) is 0 Å². The van der Waals surface area contributed by atoms with Gasteiger partial charge < -0.3 is 5.32 Å². The summed E-state index contributed by atoms with van der Waals surface area (Å²) >= 11 is 6.03. The fraction of sp³-hybridized carbons (Fsp3) is 0.438. The summed E-state index contributed by atoms with van der Waals surface area (Å²) in [5, 5.41) is 8.78. The lowest BCUT2D eigenvalue weighted by molar-refractivity contribution is 0.514. The molecule has 1 N–H and O–H groups in total. The van der Waals surface area contributed by atoms with E-state index in [9.17, 15) is 0 Å². The maximum absolute atomic E-state index is 6.03. The number of aryl methyl sites for hydroxylation is 1. The highest BCUT2D eigenvalue weighted by molar-refractivity contribution is 6.30. The molecule has 0 saturated carbocycles. The lowest BCUT2D eigenvalue weighted by Gasteiger charge is -2.18. The summed E-state index contributed by atoms with van der Waals surface area (Å²) < 4.78 is 2.00. The quantitative estimate of drug-likeness (QED) is 0.904. The molecule has 0 aliphatic rings. The van der Waals surface area contributed by atoms with E-state index in [0.29, 0.717) is 6.04 Å². The molecule has 2 aromatic rings. The van der Waals surface area contributed by atoms with Crippen LogP contribution in [0.15, 0.2) is 30.5 Å². The number of aromatic nitrogens is 2. The minimum absolute atomic E-state index is 0.253. The van der Waals surface area contributed by atoms with E-state index in [-0.39, 0.29) is 6.04 Å². The zero-order valence-corrected chi connectivity index (χ0v) is 13.3. The van der Waals surface area contributed by atoms with Crippen molar-refractivity contribution in [2.24, 2.45) is 0 Å². The Kier molecular flexibility index (Phi) is 4.84. The van der Waals surface area contributed by atoms with Crippen molar-refractivity contribution in [2.75, 3.05) is 7.05 Å². The first-order valence-corrected chi connectivity index (χ1v) is 7.36. The predicted octanol–water partition coefficient (Wildman–Crippen LogP) is 3.93. The van der Waals surface area contributed by atoms with E-state index in [1.54, 1.807) is 0 Å². The second kappa shape index (κ2) is 6.42. The number of nitrogens with zero attached hydrogens (tertiary/aromatic N) is 2. The lowest BCUT2D eigenvalue weighted by Crippen LogP contribution is -2.20. The molecule has 0 amide bonds. The van der Waals surface area contributed by atoms with Crippen LogP contribution in [0.1, 0.15) is 42.8 Å². The van der Waals surface area contributed by atoms with Crippen LogP contribution >= 0.6 is 11.6 Å². The number of nitrogens with one attached hydrogen (secondary N) is 1. The van der Waals surface area contributed by atoms with Crippen LogP contribution in [0.25, 0.3) is 0 Å². The van der Waals surface area contributed by atoms with Crippen LogP contribution in [0.4, 0.5) is 0 Å². The summed E-state index contributed by atoms with van der Waals surface area (Å²) in [5.41, 5.74) is 3.59. The molecule has 1 unspecified atom stereocenters.